The Morgan fingerprint density at radius 1 is 0.820 bits per heavy atom. The molecule has 0 aromatic rings. The van der Waals surface area contributed by atoms with Gasteiger partial charge in [0.15, 0.2) is 5.78 Å². The van der Waals surface area contributed by atoms with Crippen LogP contribution in [0, 0.1) is 17.3 Å². The van der Waals surface area contributed by atoms with Crippen LogP contribution in [0.25, 0.3) is 0 Å². The smallest absolute Gasteiger partial charge is 0.408 e. The molecule has 0 saturated carbocycles. The first kappa shape index (κ1) is 46.0. The summed E-state index contributed by atoms with van der Waals surface area (Å²) >= 11 is 0. The summed E-state index contributed by atoms with van der Waals surface area (Å²) < 4.78 is 20.2. The first-order valence-electron chi connectivity index (χ1n) is 17.2. The monoisotopic (exact) mass is 711 g/mol. The molecule has 0 unspecified atom stereocenters. The number of hydrogen-bond donors (Lipinski definition) is 2. The van der Waals surface area contributed by atoms with E-state index in [9.17, 15) is 33.6 Å². The van der Waals surface area contributed by atoms with Crippen LogP contribution in [0.5, 0.6) is 0 Å². The number of hydrogen-bond acceptors (Lipinski definition) is 11. The summed E-state index contributed by atoms with van der Waals surface area (Å²) in [5, 5.41) is 5.38. The molecule has 14 nitrogen and oxygen atoms in total. The molecule has 0 bridgehead atoms. The molecule has 0 aliphatic rings. The Bertz CT molecular complexity index is 1210. The Morgan fingerprint density at radius 3 is 1.86 bits per heavy atom. The minimum Gasteiger partial charge on any atom is -0.469 e. The van der Waals surface area contributed by atoms with Crippen LogP contribution < -0.4 is 10.6 Å². The first-order chi connectivity index (χ1) is 23.0. The molecule has 0 heterocycles. The van der Waals surface area contributed by atoms with Crippen LogP contribution in [-0.4, -0.2) is 97.6 Å². The maximum atomic E-state index is 13.8. The fourth-order valence-corrected chi connectivity index (χ4v) is 4.93. The van der Waals surface area contributed by atoms with Gasteiger partial charge in [-0.25, -0.2) is 4.79 Å². The van der Waals surface area contributed by atoms with E-state index in [1.165, 1.54) is 18.9 Å². The van der Waals surface area contributed by atoms with E-state index in [0.29, 0.717) is 0 Å². The zero-order valence-corrected chi connectivity index (χ0v) is 32.4. The lowest BCUT2D eigenvalue weighted by Gasteiger charge is -2.37. The van der Waals surface area contributed by atoms with Crippen molar-refractivity contribution < 1.29 is 52.5 Å². The van der Waals surface area contributed by atoms with Gasteiger partial charge in [0.2, 0.25) is 11.8 Å². The molecule has 0 spiro atoms. The Labute approximate surface area is 297 Å². The van der Waals surface area contributed by atoms with Gasteiger partial charge in [0.25, 0.3) is 0 Å². The molecule has 0 aromatic heterocycles. The standard InChI is InChI=1S/C36H61N3O11/c1-14-48-29(42)18-16-24(33(45)49-15-2)21-27(40)25(17-19-28(41)47-13)37-31(43)23(5)20-26(22(3)4)39(12)32(44)30(35(6,7)8)38-34(46)50-36(9,10)11/h20,22,24-26,30H,14-19,21H2,1-13H3,(H,37,43)(H,38,46)/b23-20+/t24-,25+,26+,30+/m0/s1. The Kier molecular flexibility index (Phi) is 19.6. The van der Waals surface area contributed by atoms with Gasteiger partial charge in [0, 0.05) is 31.9 Å². The van der Waals surface area contributed by atoms with Crippen LogP contribution in [-0.2, 0) is 47.7 Å². The summed E-state index contributed by atoms with van der Waals surface area (Å²) in [7, 11) is 2.78. The molecule has 0 saturated heterocycles. The Balaban J connectivity index is 6.28. The zero-order valence-electron chi connectivity index (χ0n) is 32.4. The van der Waals surface area contributed by atoms with Crippen LogP contribution in [0.4, 0.5) is 4.79 Å². The third-order valence-electron chi connectivity index (χ3n) is 7.66. The third kappa shape index (κ3) is 17.1. The molecule has 0 aliphatic carbocycles. The maximum absolute atomic E-state index is 13.8. The predicted octanol–water partition coefficient (Wildman–Crippen LogP) is 4.27. The van der Waals surface area contributed by atoms with Crippen molar-refractivity contribution in [1.29, 1.82) is 0 Å². The molecule has 14 heteroatoms. The normalized spacial score (nSPS) is 14.4. The fraction of sp³-hybridized carbons (Fsp3) is 0.750. The Morgan fingerprint density at radius 2 is 1.38 bits per heavy atom. The second-order valence-electron chi connectivity index (χ2n) is 14.6. The highest BCUT2D eigenvalue weighted by Gasteiger charge is 2.38. The van der Waals surface area contributed by atoms with Crippen molar-refractivity contribution in [2.75, 3.05) is 27.4 Å². The van der Waals surface area contributed by atoms with Gasteiger partial charge in [-0.3, -0.25) is 28.8 Å². The fourth-order valence-electron chi connectivity index (χ4n) is 4.93. The van der Waals surface area contributed by atoms with Crippen molar-refractivity contribution in [2.24, 2.45) is 17.3 Å². The number of ether oxygens (including phenoxy) is 4. The van der Waals surface area contributed by atoms with Gasteiger partial charge in [0.05, 0.1) is 38.3 Å². The minimum atomic E-state index is -1.18. The number of ketones is 1. The molecule has 0 radical (unpaired) electrons. The van der Waals surface area contributed by atoms with Crippen molar-refractivity contribution in [1.82, 2.24) is 15.5 Å². The second-order valence-corrected chi connectivity index (χ2v) is 14.6. The number of Topliss-reactive ketones (excluding diaryl/α,β-unsaturated/α-hetero) is 1. The van der Waals surface area contributed by atoms with Gasteiger partial charge >= 0.3 is 24.0 Å². The van der Waals surface area contributed by atoms with Crippen molar-refractivity contribution in [3.8, 4) is 0 Å². The van der Waals surface area contributed by atoms with Crippen LogP contribution >= 0.6 is 0 Å². The van der Waals surface area contributed by atoms with E-state index >= 15 is 0 Å². The van der Waals surface area contributed by atoms with Crippen molar-refractivity contribution in [3.63, 3.8) is 0 Å². The lowest BCUT2D eigenvalue weighted by atomic mass is 9.85. The van der Waals surface area contributed by atoms with Crippen molar-refractivity contribution in [3.05, 3.63) is 11.6 Å². The van der Waals surface area contributed by atoms with Crippen molar-refractivity contribution >= 4 is 41.6 Å². The van der Waals surface area contributed by atoms with Gasteiger partial charge in [-0.15, -0.1) is 0 Å². The number of likely N-dealkylation sites (N-methyl/N-ethyl adjacent to an activating group) is 1. The molecule has 3 amide bonds. The van der Waals surface area contributed by atoms with E-state index in [0.717, 1.165) is 0 Å². The minimum absolute atomic E-state index is 0.00518. The quantitative estimate of drug-likeness (QED) is 0.111. The molecule has 0 rings (SSSR count). The predicted molar refractivity (Wildman–Crippen MR) is 187 cm³/mol. The van der Waals surface area contributed by atoms with E-state index in [4.69, 9.17) is 18.9 Å². The number of carbonyl (C=O) groups is 7. The SMILES string of the molecule is CCOC(=O)CC[C@@H](CC(=O)[C@@H](CCC(=O)OC)NC(=O)/C(C)=C/[C@H](C(C)C)N(C)C(=O)[C@@H](NC(=O)OC(C)(C)C)C(C)(C)C)C(=O)OCC. The van der Waals surface area contributed by atoms with Gasteiger partial charge in [0.1, 0.15) is 11.6 Å². The Hall–Kier alpha value is -3.97. The lowest BCUT2D eigenvalue weighted by molar-refractivity contribution is -0.151. The van der Waals surface area contributed by atoms with E-state index < -0.39 is 76.7 Å². The summed E-state index contributed by atoms with van der Waals surface area (Å²) in [6.45, 7) is 19.4. The summed E-state index contributed by atoms with van der Waals surface area (Å²) in [4.78, 5) is 91.7. The average molecular weight is 712 g/mol. The third-order valence-corrected chi connectivity index (χ3v) is 7.66. The number of esters is 3. The zero-order chi connectivity index (χ0) is 39.0. The molecule has 2 N–H and O–H groups in total. The molecule has 0 fully saturated rings. The van der Waals surface area contributed by atoms with Crippen LogP contribution in [0.3, 0.4) is 0 Å². The average Bonchev–Trinajstić information content (AvgIpc) is 2.99. The number of amides is 3. The molecule has 286 valence electrons. The number of nitrogens with zero attached hydrogens (tertiary/aromatic N) is 1. The van der Waals surface area contributed by atoms with Crippen molar-refractivity contribution in [2.45, 2.75) is 132 Å². The number of carbonyl (C=O) groups excluding carboxylic acids is 7. The number of alkyl carbamates (subject to hydrolysis) is 1. The van der Waals surface area contributed by atoms with E-state index in [1.807, 2.05) is 34.6 Å². The summed E-state index contributed by atoms with van der Waals surface area (Å²) in [6.07, 6.45) is 0.110. The van der Waals surface area contributed by atoms with Gasteiger partial charge in [-0.05, 0) is 65.7 Å². The van der Waals surface area contributed by atoms with Gasteiger partial charge in [-0.2, -0.15) is 0 Å². The highest BCUT2D eigenvalue weighted by molar-refractivity contribution is 5.98. The molecule has 0 aromatic carbocycles. The summed E-state index contributed by atoms with van der Waals surface area (Å²) in [5.74, 6) is -4.49. The summed E-state index contributed by atoms with van der Waals surface area (Å²) in [5.41, 5.74) is -1.27. The molecular formula is C36H61N3O11. The molecule has 50 heavy (non-hydrogen) atoms. The van der Waals surface area contributed by atoms with Gasteiger partial charge in [-0.1, -0.05) is 40.7 Å². The van der Waals surface area contributed by atoms with E-state index in [2.05, 4.69) is 10.6 Å². The van der Waals surface area contributed by atoms with Crippen LogP contribution in [0.15, 0.2) is 11.6 Å². The first-order valence-corrected chi connectivity index (χ1v) is 17.2. The number of methoxy groups -OCH3 is 1. The number of rotatable bonds is 19. The second kappa shape index (κ2) is 21.3. The molecular weight excluding hydrogens is 650 g/mol. The molecule has 4 atom stereocenters. The van der Waals surface area contributed by atoms with E-state index in [-0.39, 0.29) is 56.8 Å². The lowest BCUT2D eigenvalue weighted by Crippen LogP contribution is -2.57. The molecule has 0 aliphatic heterocycles. The number of nitrogens with one attached hydrogen (secondary N) is 2. The topological polar surface area (TPSA) is 184 Å². The maximum Gasteiger partial charge on any atom is 0.408 e. The highest BCUT2D eigenvalue weighted by Crippen LogP contribution is 2.25. The van der Waals surface area contributed by atoms with Gasteiger partial charge < -0.3 is 34.5 Å². The van der Waals surface area contributed by atoms with E-state index in [1.54, 1.807) is 47.7 Å². The highest BCUT2D eigenvalue weighted by atomic mass is 16.6. The van der Waals surface area contributed by atoms with Crippen LogP contribution in [0.2, 0.25) is 0 Å². The largest absolute Gasteiger partial charge is 0.469 e. The van der Waals surface area contributed by atoms with Crippen LogP contribution in [0.1, 0.15) is 108 Å². The summed E-state index contributed by atoms with van der Waals surface area (Å²) in [6, 6.07) is -2.73.